The van der Waals surface area contributed by atoms with Gasteiger partial charge in [0.2, 0.25) is 0 Å². The van der Waals surface area contributed by atoms with Crippen LogP contribution in [0.2, 0.25) is 20.1 Å². The summed E-state index contributed by atoms with van der Waals surface area (Å²) in [6, 6.07) is 9.42. The van der Waals surface area contributed by atoms with E-state index in [1.807, 2.05) is 0 Å². The number of nitrogens with one attached hydrogen (secondary N) is 1. The lowest BCUT2D eigenvalue weighted by Gasteiger charge is -2.14. The van der Waals surface area contributed by atoms with Gasteiger partial charge in [0.05, 0.1) is 33.3 Å². The van der Waals surface area contributed by atoms with E-state index in [0.717, 1.165) is 5.56 Å². The van der Waals surface area contributed by atoms with Gasteiger partial charge in [-0.2, -0.15) is 0 Å². The standard InChI is InChI=1S/C27H26Cl4N2O7/c28-19-12-16(5-6-23(34)35)13-20(29)24(19)39-10-2-8-38-9-3-11-40-25-21(30)14-17(15-22(25)31)33-26-18(27(36)37)4-1-7-32-26/h1,4,7,12-15H,2-3,5-6,8-11H2,(H,32,33)(H,34,35)(H,36,37). The van der Waals surface area contributed by atoms with Crippen molar-refractivity contribution in [2.45, 2.75) is 25.7 Å². The van der Waals surface area contributed by atoms with Crippen LogP contribution >= 0.6 is 46.4 Å². The molecule has 3 aromatic rings. The highest BCUT2D eigenvalue weighted by molar-refractivity contribution is 6.38. The van der Waals surface area contributed by atoms with E-state index < -0.39 is 11.9 Å². The first kappa shape index (κ1) is 31.6. The second-order valence-corrected chi connectivity index (χ2v) is 10.0. The number of hydrogen-bond acceptors (Lipinski definition) is 7. The zero-order valence-electron chi connectivity index (χ0n) is 21.1. The molecule has 0 aliphatic carbocycles. The summed E-state index contributed by atoms with van der Waals surface area (Å²) in [6.45, 7) is 1.53. The number of halogens is 4. The summed E-state index contributed by atoms with van der Waals surface area (Å²) in [7, 11) is 0. The molecule has 3 rings (SSSR count). The molecule has 0 unspecified atom stereocenters. The smallest absolute Gasteiger partial charge is 0.339 e. The van der Waals surface area contributed by atoms with Crippen molar-refractivity contribution in [2.24, 2.45) is 0 Å². The van der Waals surface area contributed by atoms with Crippen LogP contribution in [-0.4, -0.2) is 53.6 Å². The minimum absolute atomic E-state index is 0.0113. The molecule has 0 spiro atoms. The molecule has 9 nitrogen and oxygen atoms in total. The predicted octanol–water partition coefficient (Wildman–Crippen LogP) is 7.41. The fraction of sp³-hybridized carbons (Fsp3) is 0.296. The largest absolute Gasteiger partial charge is 0.490 e. The van der Waals surface area contributed by atoms with Gasteiger partial charge in [0, 0.05) is 44.4 Å². The van der Waals surface area contributed by atoms with Crippen molar-refractivity contribution in [3.05, 3.63) is 73.8 Å². The Morgan fingerprint density at radius 1 is 0.825 bits per heavy atom. The van der Waals surface area contributed by atoms with Gasteiger partial charge in [-0.15, -0.1) is 0 Å². The van der Waals surface area contributed by atoms with Gasteiger partial charge in [-0.05, 0) is 48.4 Å². The molecule has 3 N–H and O–H groups in total. The highest BCUT2D eigenvalue weighted by Crippen LogP contribution is 2.37. The van der Waals surface area contributed by atoms with Crippen molar-refractivity contribution in [1.29, 1.82) is 0 Å². The van der Waals surface area contributed by atoms with E-state index in [2.05, 4.69) is 10.3 Å². The SMILES string of the molecule is O=C(O)CCc1cc(Cl)c(OCCCOCCCOc2c(Cl)cc(Nc3ncccc3C(=O)O)cc2Cl)c(Cl)c1. The molecule has 1 aromatic heterocycles. The molecule has 2 aromatic carbocycles. The van der Waals surface area contributed by atoms with Crippen LogP contribution in [0.15, 0.2) is 42.6 Å². The number of anilines is 2. The number of pyridine rings is 1. The third-order valence-electron chi connectivity index (χ3n) is 5.34. The Kier molecular flexibility index (Phi) is 12.4. The van der Waals surface area contributed by atoms with Crippen molar-refractivity contribution in [2.75, 3.05) is 31.7 Å². The number of carboxylic acid groups (broad SMARTS) is 2. The third kappa shape index (κ3) is 9.60. The van der Waals surface area contributed by atoms with Crippen LogP contribution in [0, 0.1) is 0 Å². The predicted molar refractivity (Wildman–Crippen MR) is 154 cm³/mol. The molecular weight excluding hydrogens is 606 g/mol. The minimum Gasteiger partial charge on any atom is -0.490 e. The first-order valence-electron chi connectivity index (χ1n) is 12.1. The molecule has 0 bridgehead atoms. The average molecular weight is 632 g/mol. The number of hydrogen-bond donors (Lipinski definition) is 3. The van der Waals surface area contributed by atoms with Crippen LogP contribution in [0.25, 0.3) is 0 Å². The summed E-state index contributed by atoms with van der Waals surface area (Å²) in [5, 5.41) is 22.2. The molecule has 0 fully saturated rings. The third-order valence-corrected chi connectivity index (χ3v) is 6.47. The molecular formula is C27H26Cl4N2O7. The van der Waals surface area contributed by atoms with E-state index in [1.165, 1.54) is 18.3 Å². The molecule has 0 saturated heterocycles. The van der Waals surface area contributed by atoms with Crippen LogP contribution in [-0.2, 0) is 16.0 Å². The summed E-state index contributed by atoms with van der Waals surface area (Å²) in [5.41, 5.74) is 1.20. The monoisotopic (exact) mass is 630 g/mol. The van der Waals surface area contributed by atoms with E-state index in [1.54, 1.807) is 24.3 Å². The van der Waals surface area contributed by atoms with Crippen molar-refractivity contribution in [1.82, 2.24) is 4.98 Å². The Morgan fingerprint density at radius 2 is 1.38 bits per heavy atom. The maximum Gasteiger partial charge on any atom is 0.339 e. The Hall–Kier alpha value is -2.95. The van der Waals surface area contributed by atoms with Gasteiger partial charge >= 0.3 is 11.9 Å². The quantitative estimate of drug-likeness (QED) is 0.138. The summed E-state index contributed by atoms with van der Waals surface area (Å²) >= 11 is 25.1. The molecule has 0 saturated carbocycles. The lowest BCUT2D eigenvalue weighted by molar-refractivity contribution is -0.136. The number of rotatable bonds is 16. The number of ether oxygens (including phenoxy) is 3. The van der Waals surface area contributed by atoms with Crippen molar-refractivity contribution in [3.8, 4) is 11.5 Å². The number of aromatic carboxylic acids is 1. The van der Waals surface area contributed by atoms with Crippen LogP contribution in [0.3, 0.4) is 0 Å². The van der Waals surface area contributed by atoms with Crippen molar-refractivity contribution >= 4 is 69.8 Å². The molecule has 0 radical (unpaired) electrons. The van der Waals surface area contributed by atoms with Gasteiger partial charge < -0.3 is 29.7 Å². The maximum absolute atomic E-state index is 11.4. The van der Waals surface area contributed by atoms with Crippen LogP contribution < -0.4 is 14.8 Å². The van der Waals surface area contributed by atoms with E-state index in [4.69, 9.17) is 65.7 Å². The highest BCUT2D eigenvalue weighted by atomic mass is 35.5. The number of benzene rings is 2. The fourth-order valence-corrected chi connectivity index (χ4v) is 4.74. The van der Waals surface area contributed by atoms with Crippen LogP contribution in [0.1, 0.15) is 35.2 Å². The maximum atomic E-state index is 11.4. The molecule has 0 atom stereocenters. The number of aryl methyl sites for hydroxylation is 1. The lowest BCUT2D eigenvalue weighted by Crippen LogP contribution is -2.08. The fourth-order valence-electron chi connectivity index (χ4n) is 3.50. The number of aliphatic carboxylic acids is 1. The number of carbonyl (C=O) groups is 2. The highest BCUT2D eigenvalue weighted by Gasteiger charge is 2.14. The molecule has 0 amide bonds. The first-order chi connectivity index (χ1) is 19.2. The second kappa shape index (κ2) is 15.7. The first-order valence-corrected chi connectivity index (χ1v) is 13.6. The molecule has 0 aliphatic rings. The van der Waals surface area contributed by atoms with Gasteiger partial charge in [-0.25, -0.2) is 9.78 Å². The second-order valence-electron chi connectivity index (χ2n) is 8.40. The Morgan fingerprint density at radius 3 is 1.90 bits per heavy atom. The number of aromatic nitrogens is 1. The van der Waals surface area contributed by atoms with E-state index in [-0.39, 0.29) is 27.8 Å². The lowest BCUT2D eigenvalue weighted by atomic mass is 10.1. The zero-order chi connectivity index (χ0) is 29.1. The zero-order valence-corrected chi connectivity index (χ0v) is 24.1. The van der Waals surface area contributed by atoms with E-state index in [0.29, 0.717) is 72.9 Å². The Labute approximate surface area is 250 Å². The van der Waals surface area contributed by atoms with Gasteiger partial charge in [0.25, 0.3) is 0 Å². The van der Waals surface area contributed by atoms with E-state index in [9.17, 15) is 14.7 Å². The molecule has 0 aliphatic heterocycles. The topological polar surface area (TPSA) is 127 Å². The number of nitrogens with zero attached hydrogens (tertiary/aromatic N) is 1. The Bertz CT molecular complexity index is 1290. The average Bonchev–Trinajstić information content (AvgIpc) is 2.89. The summed E-state index contributed by atoms with van der Waals surface area (Å²) < 4.78 is 17.0. The molecule has 13 heteroatoms. The molecule has 214 valence electrons. The van der Waals surface area contributed by atoms with Crippen molar-refractivity contribution < 1.29 is 34.0 Å². The minimum atomic E-state index is -1.11. The van der Waals surface area contributed by atoms with Gasteiger partial charge in [0.15, 0.2) is 11.5 Å². The Balaban J connectivity index is 1.36. The normalized spacial score (nSPS) is 10.8. The summed E-state index contributed by atoms with van der Waals surface area (Å²) in [6.07, 6.45) is 2.97. The van der Waals surface area contributed by atoms with Crippen molar-refractivity contribution in [3.63, 3.8) is 0 Å². The molecule has 40 heavy (non-hydrogen) atoms. The molecule has 1 heterocycles. The van der Waals surface area contributed by atoms with Crippen LogP contribution in [0.4, 0.5) is 11.5 Å². The summed E-state index contributed by atoms with van der Waals surface area (Å²) in [4.78, 5) is 26.2. The van der Waals surface area contributed by atoms with Gasteiger partial charge in [0.1, 0.15) is 11.4 Å². The number of carboxylic acids is 2. The van der Waals surface area contributed by atoms with E-state index >= 15 is 0 Å². The van der Waals surface area contributed by atoms with Gasteiger partial charge in [-0.1, -0.05) is 46.4 Å². The van der Waals surface area contributed by atoms with Crippen LogP contribution in [0.5, 0.6) is 11.5 Å². The van der Waals surface area contributed by atoms with Gasteiger partial charge in [-0.3, -0.25) is 4.79 Å². The summed E-state index contributed by atoms with van der Waals surface area (Å²) in [5.74, 6) is -1.18.